The highest BCUT2D eigenvalue weighted by Gasteiger charge is 2.21. The third kappa shape index (κ3) is 3.41. The number of carbonyl (C=O) groups excluding carboxylic acids is 1. The molecule has 1 rings (SSSR count). The zero-order chi connectivity index (χ0) is 13.9. The lowest BCUT2D eigenvalue weighted by molar-refractivity contribution is -0.385. The van der Waals surface area contributed by atoms with Crippen molar-refractivity contribution in [2.45, 2.75) is 26.3 Å². The van der Waals surface area contributed by atoms with E-state index in [0.717, 1.165) is 6.20 Å². The SMILES string of the molecule is CNc1ncc([N+](=O)[O-])cc1C(=O)NC(C)(C)C. The second-order valence-electron chi connectivity index (χ2n) is 4.80. The van der Waals surface area contributed by atoms with Crippen LogP contribution in [0.2, 0.25) is 0 Å². The van der Waals surface area contributed by atoms with Crippen molar-refractivity contribution < 1.29 is 9.72 Å². The van der Waals surface area contributed by atoms with Crippen LogP contribution in [0.5, 0.6) is 0 Å². The largest absolute Gasteiger partial charge is 0.372 e. The number of rotatable bonds is 3. The fourth-order valence-corrected chi connectivity index (χ4v) is 1.33. The van der Waals surface area contributed by atoms with E-state index < -0.39 is 16.4 Å². The molecule has 0 spiro atoms. The van der Waals surface area contributed by atoms with Gasteiger partial charge in [-0.1, -0.05) is 0 Å². The fourth-order valence-electron chi connectivity index (χ4n) is 1.33. The first kappa shape index (κ1) is 13.9. The highest BCUT2D eigenvalue weighted by atomic mass is 16.6. The van der Waals surface area contributed by atoms with Gasteiger partial charge in [-0.3, -0.25) is 14.9 Å². The molecule has 7 nitrogen and oxygen atoms in total. The summed E-state index contributed by atoms with van der Waals surface area (Å²) >= 11 is 0. The predicted molar refractivity (Wildman–Crippen MR) is 67.7 cm³/mol. The lowest BCUT2D eigenvalue weighted by Crippen LogP contribution is -2.40. The number of carbonyl (C=O) groups is 1. The van der Waals surface area contributed by atoms with Crippen LogP contribution in [0.4, 0.5) is 11.5 Å². The Bertz CT molecular complexity index is 480. The topological polar surface area (TPSA) is 97.2 Å². The zero-order valence-corrected chi connectivity index (χ0v) is 10.8. The van der Waals surface area contributed by atoms with Gasteiger partial charge in [-0.25, -0.2) is 4.98 Å². The molecule has 0 unspecified atom stereocenters. The molecule has 7 heteroatoms. The molecule has 18 heavy (non-hydrogen) atoms. The van der Waals surface area contributed by atoms with E-state index >= 15 is 0 Å². The number of amides is 1. The van der Waals surface area contributed by atoms with Crippen molar-refractivity contribution in [3.8, 4) is 0 Å². The number of pyridine rings is 1. The second-order valence-corrected chi connectivity index (χ2v) is 4.80. The highest BCUT2D eigenvalue weighted by molar-refractivity contribution is 5.99. The van der Waals surface area contributed by atoms with Crippen LogP contribution in [0.3, 0.4) is 0 Å². The van der Waals surface area contributed by atoms with Crippen molar-refractivity contribution >= 4 is 17.4 Å². The molecule has 0 radical (unpaired) electrons. The standard InChI is InChI=1S/C11H16N4O3/c1-11(2,3)14-10(16)8-5-7(15(17)18)6-13-9(8)12-4/h5-6H,1-4H3,(H,12,13)(H,14,16). The average Bonchev–Trinajstić information content (AvgIpc) is 2.25. The molecule has 98 valence electrons. The van der Waals surface area contributed by atoms with Crippen molar-refractivity contribution in [1.82, 2.24) is 10.3 Å². The van der Waals surface area contributed by atoms with E-state index in [1.54, 1.807) is 7.05 Å². The van der Waals surface area contributed by atoms with Crippen molar-refractivity contribution in [3.63, 3.8) is 0 Å². The number of hydrogen-bond donors (Lipinski definition) is 2. The summed E-state index contributed by atoms with van der Waals surface area (Å²) in [6, 6.07) is 1.21. The summed E-state index contributed by atoms with van der Waals surface area (Å²) in [5.41, 5.74) is -0.484. The quantitative estimate of drug-likeness (QED) is 0.628. The van der Waals surface area contributed by atoms with Crippen LogP contribution >= 0.6 is 0 Å². The molecule has 0 aliphatic rings. The molecule has 0 atom stereocenters. The number of anilines is 1. The molecule has 1 aromatic rings. The third-order valence-electron chi connectivity index (χ3n) is 2.05. The van der Waals surface area contributed by atoms with Crippen LogP contribution in [0.1, 0.15) is 31.1 Å². The van der Waals surface area contributed by atoms with Gasteiger partial charge < -0.3 is 10.6 Å². The molecular weight excluding hydrogens is 236 g/mol. The third-order valence-corrected chi connectivity index (χ3v) is 2.05. The Kier molecular flexibility index (Phi) is 3.85. The Morgan fingerprint density at radius 3 is 2.50 bits per heavy atom. The van der Waals surface area contributed by atoms with E-state index in [2.05, 4.69) is 15.6 Å². The molecule has 0 bridgehead atoms. The summed E-state index contributed by atoms with van der Waals surface area (Å²) in [5, 5.41) is 16.1. The number of nitro groups is 1. The molecular formula is C11H16N4O3. The molecule has 1 heterocycles. The van der Waals surface area contributed by atoms with Gasteiger partial charge in [0.15, 0.2) is 0 Å². The van der Waals surface area contributed by atoms with E-state index in [4.69, 9.17) is 0 Å². The Balaban J connectivity index is 3.16. The highest BCUT2D eigenvalue weighted by Crippen LogP contribution is 2.19. The molecule has 0 fully saturated rings. The minimum absolute atomic E-state index is 0.154. The van der Waals surface area contributed by atoms with Gasteiger partial charge in [0.05, 0.1) is 10.5 Å². The van der Waals surface area contributed by atoms with Crippen LogP contribution in [0.25, 0.3) is 0 Å². The van der Waals surface area contributed by atoms with Gasteiger partial charge in [-0.15, -0.1) is 0 Å². The van der Waals surface area contributed by atoms with Gasteiger partial charge in [-0.2, -0.15) is 0 Å². The molecule has 0 aromatic carbocycles. The summed E-state index contributed by atoms with van der Waals surface area (Å²) in [6.45, 7) is 5.48. The van der Waals surface area contributed by atoms with E-state index in [0.29, 0.717) is 5.82 Å². The minimum Gasteiger partial charge on any atom is -0.372 e. The zero-order valence-electron chi connectivity index (χ0n) is 10.8. The number of aromatic nitrogens is 1. The summed E-state index contributed by atoms with van der Waals surface area (Å²) in [5.74, 6) is -0.0922. The number of nitrogens with zero attached hydrogens (tertiary/aromatic N) is 2. The number of nitrogens with one attached hydrogen (secondary N) is 2. The summed E-state index contributed by atoms with van der Waals surface area (Å²) in [6.07, 6.45) is 1.11. The smallest absolute Gasteiger partial charge is 0.288 e. The minimum atomic E-state index is -0.583. The molecule has 0 aliphatic carbocycles. The Morgan fingerprint density at radius 2 is 2.06 bits per heavy atom. The fraction of sp³-hybridized carbons (Fsp3) is 0.455. The van der Waals surface area contributed by atoms with Crippen molar-refractivity contribution in [1.29, 1.82) is 0 Å². The summed E-state index contributed by atoms with van der Waals surface area (Å²) in [4.78, 5) is 25.9. The van der Waals surface area contributed by atoms with E-state index in [-0.39, 0.29) is 11.3 Å². The maximum atomic E-state index is 12.0. The molecule has 1 aromatic heterocycles. The predicted octanol–water partition coefficient (Wildman–Crippen LogP) is 1.56. The lowest BCUT2D eigenvalue weighted by Gasteiger charge is -2.21. The van der Waals surface area contributed by atoms with Gasteiger partial charge in [0.2, 0.25) is 0 Å². The van der Waals surface area contributed by atoms with Crippen molar-refractivity contribution in [2.75, 3.05) is 12.4 Å². The first-order valence-corrected chi connectivity index (χ1v) is 5.39. The number of hydrogen-bond acceptors (Lipinski definition) is 5. The lowest BCUT2D eigenvalue weighted by atomic mass is 10.1. The maximum absolute atomic E-state index is 12.0. The molecule has 1 amide bonds. The Hall–Kier alpha value is -2.18. The molecule has 0 saturated carbocycles. The molecule has 2 N–H and O–H groups in total. The van der Waals surface area contributed by atoms with Crippen LogP contribution in [-0.2, 0) is 0 Å². The molecule has 0 saturated heterocycles. The van der Waals surface area contributed by atoms with Gasteiger partial charge in [0.25, 0.3) is 11.6 Å². The van der Waals surface area contributed by atoms with Crippen molar-refractivity contribution in [2.24, 2.45) is 0 Å². The van der Waals surface area contributed by atoms with Gasteiger partial charge in [0.1, 0.15) is 12.0 Å². The van der Waals surface area contributed by atoms with Gasteiger partial charge >= 0.3 is 0 Å². The first-order valence-electron chi connectivity index (χ1n) is 5.39. The summed E-state index contributed by atoms with van der Waals surface area (Å²) < 4.78 is 0. The molecule has 0 aliphatic heterocycles. The first-order chi connectivity index (χ1) is 8.24. The van der Waals surface area contributed by atoms with E-state index in [1.165, 1.54) is 6.07 Å². The maximum Gasteiger partial charge on any atom is 0.288 e. The van der Waals surface area contributed by atoms with E-state index in [1.807, 2.05) is 20.8 Å². The Morgan fingerprint density at radius 1 is 1.44 bits per heavy atom. The second kappa shape index (κ2) is 4.99. The average molecular weight is 252 g/mol. The van der Waals surface area contributed by atoms with E-state index in [9.17, 15) is 14.9 Å². The monoisotopic (exact) mass is 252 g/mol. The van der Waals surface area contributed by atoms with Crippen LogP contribution in [-0.4, -0.2) is 28.4 Å². The van der Waals surface area contributed by atoms with Crippen LogP contribution in [0, 0.1) is 10.1 Å². The Labute approximate surface area is 105 Å². The summed E-state index contributed by atoms with van der Waals surface area (Å²) in [7, 11) is 1.60. The van der Waals surface area contributed by atoms with Crippen LogP contribution < -0.4 is 10.6 Å². The van der Waals surface area contributed by atoms with Gasteiger partial charge in [0, 0.05) is 18.7 Å². The van der Waals surface area contributed by atoms with Gasteiger partial charge in [-0.05, 0) is 20.8 Å². The van der Waals surface area contributed by atoms with Crippen molar-refractivity contribution in [3.05, 3.63) is 27.9 Å². The van der Waals surface area contributed by atoms with Crippen LogP contribution in [0.15, 0.2) is 12.3 Å². The normalized spacial score (nSPS) is 10.9.